The second kappa shape index (κ2) is 6.53. The van der Waals surface area contributed by atoms with Crippen LogP contribution >= 0.6 is 0 Å². The molecule has 0 bridgehead atoms. The molecule has 0 unspecified atom stereocenters. The lowest BCUT2D eigenvalue weighted by molar-refractivity contribution is 0.0484. The van der Waals surface area contributed by atoms with Crippen LogP contribution in [0.2, 0.25) is 0 Å². The summed E-state index contributed by atoms with van der Waals surface area (Å²) < 4.78 is 35.3. The average Bonchev–Trinajstić information content (AvgIpc) is 2.79. The topological polar surface area (TPSA) is 112 Å². The third kappa shape index (κ3) is 3.83. The third-order valence-electron chi connectivity index (χ3n) is 2.00. The Morgan fingerprint density at radius 2 is 2.22 bits per heavy atom. The van der Waals surface area contributed by atoms with Crippen LogP contribution in [0.5, 0.6) is 0 Å². The van der Waals surface area contributed by atoms with Crippen LogP contribution in [0.3, 0.4) is 0 Å². The van der Waals surface area contributed by atoms with Crippen LogP contribution in [-0.2, 0) is 14.8 Å². The Bertz CT molecular complexity index is 494. The van der Waals surface area contributed by atoms with E-state index >= 15 is 0 Å². The predicted molar refractivity (Wildman–Crippen MR) is 63.5 cm³/mol. The summed E-state index contributed by atoms with van der Waals surface area (Å²) in [6, 6.07) is 2.46. The molecule has 0 fully saturated rings. The molecule has 0 aromatic carbocycles. The van der Waals surface area contributed by atoms with E-state index in [2.05, 4.69) is 9.46 Å². The first-order chi connectivity index (χ1) is 8.51. The van der Waals surface area contributed by atoms with Crippen LogP contribution in [0, 0.1) is 0 Å². The SMILES string of the molecule is CCOC(=O)c1ccc(S(=O)(=O)NCCCN)o1. The largest absolute Gasteiger partial charge is 0.460 e. The molecule has 3 N–H and O–H groups in total. The van der Waals surface area contributed by atoms with E-state index in [1.165, 1.54) is 12.1 Å². The molecule has 0 amide bonds. The number of nitrogens with one attached hydrogen (secondary N) is 1. The summed E-state index contributed by atoms with van der Waals surface area (Å²) >= 11 is 0. The normalized spacial score (nSPS) is 11.4. The number of ether oxygens (including phenoxy) is 1. The van der Waals surface area contributed by atoms with Gasteiger partial charge in [-0.25, -0.2) is 17.9 Å². The van der Waals surface area contributed by atoms with Gasteiger partial charge >= 0.3 is 5.97 Å². The third-order valence-corrected chi connectivity index (χ3v) is 3.33. The maximum Gasteiger partial charge on any atom is 0.374 e. The summed E-state index contributed by atoms with van der Waals surface area (Å²) in [4.78, 5) is 11.3. The fourth-order valence-corrected chi connectivity index (χ4v) is 2.16. The average molecular weight is 276 g/mol. The fourth-order valence-electron chi connectivity index (χ4n) is 1.16. The van der Waals surface area contributed by atoms with E-state index in [4.69, 9.17) is 10.2 Å². The van der Waals surface area contributed by atoms with Gasteiger partial charge in [0, 0.05) is 6.54 Å². The van der Waals surface area contributed by atoms with Crippen molar-refractivity contribution in [3.63, 3.8) is 0 Å². The Balaban J connectivity index is 2.75. The van der Waals surface area contributed by atoms with Gasteiger partial charge < -0.3 is 14.9 Å². The molecule has 1 aromatic heterocycles. The van der Waals surface area contributed by atoms with Crippen molar-refractivity contribution in [3.05, 3.63) is 17.9 Å². The Hall–Kier alpha value is -1.38. The number of sulfonamides is 1. The molecule has 0 aliphatic carbocycles. The zero-order chi connectivity index (χ0) is 13.6. The van der Waals surface area contributed by atoms with E-state index in [1.54, 1.807) is 6.92 Å². The van der Waals surface area contributed by atoms with Crippen molar-refractivity contribution in [2.45, 2.75) is 18.4 Å². The molecule has 0 spiro atoms. The number of carbonyl (C=O) groups excluding carboxylic acids is 1. The first-order valence-corrected chi connectivity index (χ1v) is 6.96. The van der Waals surface area contributed by atoms with E-state index in [-0.39, 0.29) is 24.0 Å². The highest BCUT2D eigenvalue weighted by Gasteiger charge is 2.21. The monoisotopic (exact) mass is 276 g/mol. The number of furan rings is 1. The lowest BCUT2D eigenvalue weighted by Crippen LogP contribution is -2.25. The van der Waals surface area contributed by atoms with Crippen molar-refractivity contribution < 1.29 is 22.4 Å². The van der Waals surface area contributed by atoms with Gasteiger partial charge in [0.2, 0.25) is 10.9 Å². The van der Waals surface area contributed by atoms with Crippen LogP contribution in [0.4, 0.5) is 0 Å². The molecule has 0 aliphatic rings. The molecular formula is C10H16N2O5S. The first-order valence-electron chi connectivity index (χ1n) is 5.48. The Kier molecular flexibility index (Phi) is 5.32. The van der Waals surface area contributed by atoms with Gasteiger partial charge in [-0.1, -0.05) is 0 Å². The first kappa shape index (κ1) is 14.7. The van der Waals surface area contributed by atoms with E-state index in [9.17, 15) is 13.2 Å². The fraction of sp³-hybridized carbons (Fsp3) is 0.500. The maximum absolute atomic E-state index is 11.7. The van der Waals surface area contributed by atoms with E-state index in [0.29, 0.717) is 13.0 Å². The number of rotatable bonds is 7. The Morgan fingerprint density at radius 3 is 2.83 bits per heavy atom. The van der Waals surface area contributed by atoms with Gasteiger partial charge in [0.1, 0.15) is 0 Å². The van der Waals surface area contributed by atoms with Gasteiger partial charge in [0.05, 0.1) is 6.61 Å². The zero-order valence-corrected chi connectivity index (χ0v) is 10.8. The van der Waals surface area contributed by atoms with Gasteiger partial charge in [-0.05, 0) is 32.0 Å². The molecule has 0 aliphatic heterocycles. The van der Waals surface area contributed by atoms with E-state index in [1.807, 2.05) is 0 Å². The lowest BCUT2D eigenvalue weighted by atomic mass is 10.4. The highest BCUT2D eigenvalue weighted by atomic mass is 32.2. The molecule has 7 nitrogen and oxygen atoms in total. The van der Waals surface area contributed by atoms with Crippen molar-refractivity contribution in [3.8, 4) is 0 Å². The Labute approximate surface area is 105 Å². The minimum absolute atomic E-state index is 0.143. The molecule has 1 rings (SSSR count). The summed E-state index contributed by atoms with van der Waals surface area (Å²) in [5, 5.41) is -0.317. The summed E-state index contributed by atoms with van der Waals surface area (Å²) in [6.07, 6.45) is 0.519. The van der Waals surface area contributed by atoms with Crippen molar-refractivity contribution in [2.24, 2.45) is 5.73 Å². The summed E-state index contributed by atoms with van der Waals surface area (Å²) in [7, 11) is -3.74. The van der Waals surface area contributed by atoms with Crippen molar-refractivity contribution in [1.82, 2.24) is 4.72 Å². The standard InChI is InChI=1S/C10H16N2O5S/c1-2-16-10(13)8-4-5-9(17-8)18(14,15)12-7-3-6-11/h4-5,12H,2-3,6-7,11H2,1H3. The van der Waals surface area contributed by atoms with E-state index < -0.39 is 16.0 Å². The maximum atomic E-state index is 11.7. The van der Waals surface area contributed by atoms with Gasteiger partial charge in [0.15, 0.2) is 0 Å². The van der Waals surface area contributed by atoms with Crippen LogP contribution in [0.15, 0.2) is 21.6 Å². The van der Waals surface area contributed by atoms with Gasteiger partial charge in [-0.2, -0.15) is 0 Å². The molecule has 0 saturated heterocycles. The highest BCUT2D eigenvalue weighted by Crippen LogP contribution is 2.14. The van der Waals surface area contributed by atoms with Crippen molar-refractivity contribution >= 4 is 16.0 Å². The molecule has 18 heavy (non-hydrogen) atoms. The number of hydrogen-bond acceptors (Lipinski definition) is 6. The van der Waals surface area contributed by atoms with Gasteiger partial charge in [0.25, 0.3) is 10.0 Å². The van der Waals surface area contributed by atoms with Crippen LogP contribution < -0.4 is 10.5 Å². The molecule has 0 radical (unpaired) electrons. The number of carbonyl (C=O) groups is 1. The predicted octanol–water partition coefficient (Wildman–Crippen LogP) is 0.0834. The molecule has 0 atom stereocenters. The minimum atomic E-state index is -3.74. The molecular weight excluding hydrogens is 260 g/mol. The molecule has 8 heteroatoms. The van der Waals surface area contributed by atoms with E-state index in [0.717, 1.165) is 0 Å². The second-order valence-electron chi connectivity index (χ2n) is 3.38. The van der Waals surface area contributed by atoms with Gasteiger partial charge in [-0.3, -0.25) is 0 Å². The van der Waals surface area contributed by atoms with Crippen molar-refractivity contribution in [1.29, 1.82) is 0 Å². The smallest absolute Gasteiger partial charge is 0.374 e. The minimum Gasteiger partial charge on any atom is -0.460 e. The molecule has 1 aromatic rings. The quantitative estimate of drug-likeness (QED) is 0.539. The summed E-state index contributed by atoms with van der Waals surface area (Å²) in [5.41, 5.74) is 5.25. The molecule has 1 heterocycles. The van der Waals surface area contributed by atoms with Crippen LogP contribution in [-0.4, -0.2) is 34.1 Å². The summed E-state index contributed by atoms with van der Waals surface area (Å²) in [5.74, 6) is -0.836. The molecule has 102 valence electrons. The van der Waals surface area contributed by atoms with Gasteiger partial charge in [-0.15, -0.1) is 0 Å². The number of esters is 1. The van der Waals surface area contributed by atoms with Crippen LogP contribution in [0.1, 0.15) is 23.9 Å². The summed E-state index contributed by atoms with van der Waals surface area (Å²) in [6.45, 7) is 2.44. The zero-order valence-electron chi connectivity index (χ0n) is 10.0. The van der Waals surface area contributed by atoms with Crippen molar-refractivity contribution in [2.75, 3.05) is 19.7 Å². The second-order valence-corrected chi connectivity index (χ2v) is 5.08. The number of hydrogen-bond donors (Lipinski definition) is 2. The number of nitrogens with two attached hydrogens (primary N) is 1. The van der Waals surface area contributed by atoms with Crippen LogP contribution in [0.25, 0.3) is 0 Å². The Morgan fingerprint density at radius 1 is 1.50 bits per heavy atom. The highest BCUT2D eigenvalue weighted by molar-refractivity contribution is 7.89. The lowest BCUT2D eigenvalue weighted by Gasteiger charge is -2.02. The molecule has 0 saturated carbocycles.